The fourth-order valence-electron chi connectivity index (χ4n) is 2.32. The molecule has 0 aromatic heterocycles. The number of aliphatic imine (C=N–C) groups is 1. The van der Waals surface area contributed by atoms with Crippen LogP contribution in [-0.4, -0.2) is 26.1 Å². The van der Waals surface area contributed by atoms with Crippen LogP contribution in [0.15, 0.2) is 53.5 Å². The number of methoxy groups -OCH3 is 1. The molecule has 4 heteroatoms. The summed E-state index contributed by atoms with van der Waals surface area (Å²) in [5, 5.41) is 0. The molecule has 0 spiro atoms. The molecule has 4 nitrogen and oxygen atoms in total. The maximum Gasteiger partial charge on any atom is 0.125 e. The van der Waals surface area contributed by atoms with Gasteiger partial charge in [-0.05, 0) is 29.5 Å². The average molecular weight is 311 g/mol. The van der Waals surface area contributed by atoms with Gasteiger partial charge in [0.15, 0.2) is 0 Å². The highest BCUT2D eigenvalue weighted by molar-refractivity contribution is 5.97. The van der Waals surface area contributed by atoms with Crippen molar-refractivity contribution in [2.45, 2.75) is 19.4 Å². The topological polar surface area (TPSA) is 73.6 Å². The van der Waals surface area contributed by atoms with Crippen molar-refractivity contribution in [3.05, 3.63) is 70.8 Å². The zero-order valence-corrected chi connectivity index (χ0v) is 13.7. The minimum atomic E-state index is 0.561. The van der Waals surface area contributed by atoms with Crippen molar-refractivity contribution in [3.63, 3.8) is 0 Å². The molecule has 0 radical (unpaired) electrons. The van der Waals surface area contributed by atoms with Crippen LogP contribution in [0.3, 0.4) is 0 Å². The molecule has 2 aromatic rings. The van der Waals surface area contributed by atoms with Crippen LogP contribution in [0.25, 0.3) is 0 Å². The number of benzene rings is 2. The van der Waals surface area contributed by atoms with Gasteiger partial charge in [0, 0.05) is 19.2 Å². The Balaban J connectivity index is 1.90. The van der Waals surface area contributed by atoms with Crippen LogP contribution < -0.4 is 11.5 Å². The predicted octanol–water partition coefficient (Wildman–Crippen LogP) is 2.28. The Hall–Kier alpha value is -2.17. The molecule has 0 saturated carbocycles. The molecule has 0 atom stereocenters. The van der Waals surface area contributed by atoms with E-state index in [0.717, 1.165) is 18.4 Å². The lowest BCUT2D eigenvalue weighted by Gasteiger charge is -2.06. The van der Waals surface area contributed by atoms with Crippen molar-refractivity contribution in [3.8, 4) is 0 Å². The van der Waals surface area contributed by atoms with Crippen LogP contribution in [0.5, 0.6) is 0 Å². The zero-order chi connectivity index (χ0) is 16.5. The van der Waals surface area contributed by atoms with Crippen molar-refractivity contribution in [2.24, 2.45) is 16.5 Å². The van der Waals surface area contributed by atoms with E-state index < -0.39 is 0 Å². The maximum absolute atomic E-state index is 5.96. The summed E-state index contributed by atoms with van der Waals surface area (Å²) in [4.78, 5) is 4.28. The van der Waals surface area contributed by atoms with E-state index in [-0.39, 0.29) is 0 Å². The fraction of sp³-hybridized carbons (Fsp3) is 0.316. The first kappa shape index (κ1) is 17.2. The Morgan fingerprint density at radius 1 is 0.913 bits per heavy atom. The second-order valence-electron chi connectivity index (χ2n) is 5.48. The molecule has 0 bridgehead atoms. The lowest BCUT2D eigenvalue weighted by atomic mass is 10.0. The Morgan fingerprint density at radius 3 is 1.96 bits per heavy atom. The van der Waals surface area contributed by atoms with Gasteiger partial charge in [-0.2, -0.15) is 0 Å². The monoisotopic (exact) mass is 311 g/mol. The number of nitrogens with zero attached hydrogens (tertiary/aromatic N) is 1. The molecule has 0 aliphatic carbocycles. The summed E-state index contributed by atoms with van der Waals surface area (Å²) in [6.45, 7) is 1.76. The highest BCUT2D eigenvalue weighted by Gasteiger charge is 2.00. The van der Waals surface area contributed by atoms with Crippen molar-refractivity contribution >= 4 is 5.84 Å². The second kappa shape index (κ2) is 9.08. The van der Waals surface area contributed by atoms with Gasteiger partial charge in [0.2, 0.25) is 0 Å². The van der Waals surface area contributed by atoms with Gasteiger partial charge in [-0.1, -0.05) is 48.5 Å². The second-order valence-corrected chi connectivity index (χ2v) is 5.48. The van der Waals surface area contributed by atoms with Crippen LogP contribution in [0, 0.1) is 0 Å². The van der Waals surface area contributed by atoms with E-state index in [9.17, 15) is 0 Å². The molecule has 0 amide bonds. The van der Waals surface area contributed by atoms with Crippen LogP contribution in [0.4, 0.5) is 0 Å². The van der Waals surface area contributed by atoms with Crippen LogP contribution in [-0.2, 0) is 24.1 Å². The molecule has 0 saturated heterocycles. The van der Waals surface area contributed by atoms with Crippen molar-refractivity contribution in [2.75, 3.05) is 20.3 Å². The molecule has 0 aliphatic rings. The first-order valence-electron chi connectivity index (χ1n) is 7.89. The lowest BCUT2D eigenvalue weighted by molar-refractivity contribution is 0.208. The summed E-state index contributed by atoms with van der Waals surface area (Å²) in [7, 11) is 1.66. The highest BCUT2D eigenvalue weighted by atomic mass is 16.5. The third kappa shape index (κ3) is 5.51. The molecule has 122 valence electrons. The molecule has 2 rings (SSSR count). The van der Waals surface area contributed by atoms with E-state index >= 15 is 0 Å². The molecule has 23 heavy (non-hydrogen) atoms. The fourth-order valence-corrected chi connectivity index (χ4v) is 2.32. The molecule has 0 fully saturated rings. The predicted molar refractivity (Wildman–Crippen MR) is 95.7 cm³/mol. The third-order valence-electron chi connectivity index (χ3n) is 3.79. The van der Waals surface area contributed by atoms with Gasteiger partial charge in [0.1, 0.15) is 5.84 Å². The SMILES string of the molecule is COCCN=C(N)c1ccc(CCc2ccc(CN)cc2)cc1. The van der Waals surface area contributed by atoms with Gasteiger partial charge in [0.05, 0.1) is 13.2 Å². The summed E-state index contributed by atoms with van der Waals surface area (Å²) in [5.41, 5.74) is 16.3. The number of nitrogens with two attached hydrogens (primary N) is 2. The summed E-state index contributed by atoms with van der Waals surface area (Å²) >= 11 is 0. The molecule has 0 unspecified atom stereocenters. The van der Waals surface area contributed by atoms with Crippen LogP contribution in [0.2, 0.25) is 0 Å². The summed E-state index contributed by atoms with van der Waals surface area (Å²) in [6, 6.07) is 16.8. The number of ether oxygens (including phenoxy) is 1. The van der Waals surface area contributed by atoms with E-state index in [2.05, 4.69) is 41.4 Å². The van der Waals surface area contributed by atoms with Gasteiger partial charge in [-0.15, -0.1) is 0 Å². The van der Waals surface area contributed by atoms with Gasteiger partial charge in [0.25, 0.3) is 0 Å². The standard InChI is InChI=1S/C19H25N3O/c1-23-13-12-22-19(21)18-10-8-16(9-11-18)3-2-15-4-6-17(14-20)7-5-15/h4-11H,2-3,12-14,20H2,1H3,(H2,21,22). The van der Waals surface area contributed by atoms with Crippen LogP contribution in [0.1, 0.15) is 22.3 Å². The summed E-state index contributed by atoms with van der Waals surface area (Å²) in [5.74, 6) is 0.561. The quantitative estimate of drug-likeness (QED) is 0.446. The van der Waals surface area contributed by atoms with E-state index in [1.165, 1.54) is 16.7 Å². The normalized spacial score (nSPS) is 11.7. The Morgan fingerprint density at radius 2 is 1.43 bits per heavy atom. The van der Waals surface area contributed by atoms with Crippen molar-refractivity contribution in [1.29, 1.82) is 0 Å². The zero-order valence-electron chi connectivity index (χ0n) is 13.7. The Kier molecular flexibility index (Phi) is 6.78. The van der Waals surface area contributed by atoms with E-state index in [4.69, 9.17) is 16.2 Å². The van der Waals surface area contributed by atoms with Gasteiger partial charge in [-0.25, -0.2) is 0 Å². The van der Waals surface area contributed by atoms with Gasteiger partial charge < -0.3 is 16.2 Å². The molecule has 4 N–H and O–H groups in total. The number of rotatable bonds is 8. The maximum atomic E-state index is 5.96. The Bertz CT molecular complexity index is 618. The smallest absolute Gasteiger partial charge is 0.125 e. The van der Waals surface area contributed by atoms with Gasteiger partial charge in [-0.3, -0.25) is 4.99 Å². The average Bonchev–Trinajstić information content (AvgIpc) is 2.61. The third-order valence-corrected chi connectivity index (χ3v) is 3.79. The molecular formula is C19H25N3O. The first-order valence-corrected chi connectivity index (χ1v) is 7.89. The minimum absolute atomic E-state index is 0.561. The first-order chi connectivity index (χ1) is 11.2. The van der Waals surface area contributed by atoms with Gasteiger partial charge >= 0.3 is 0 Å². The van der Waals surface area contributed by atoms with Crippen molar-refractivity contribution < 1.29 is 4.74 Å². The molecule has 0 heterocycles. The molecule has 2 aromatic carbocycles. The van der Waals surface area contributed by atoms with E-state index in [1.54, 1.807) is 7.11 Å². The Labute approximate surface area is 138 Å². The van der Waals surface area contributed by atoms with Crippen LogP contribution >= 0.6 is 0 Å². The largest absolute Gasteiger partial charge is 0.384 e. The molecule has 0 aliphatic heterocycles. The number of hydrogen-bond donors (Lipinski definition) is 2. The lowest BCUT2D eigenvalue weighted by Crippen LogP contribution is -2.14. The summed E-state index contributed by atoms with van der Waals surface area (Å²) in [6.07, 6.45) is 2.02. The highest BCUT2D eigenvalue weighted by Crippen LogP contribution is 2.10. The summed E-state index contributed by atoms with van der Waals surface area (Å²) < 4.78 is 4.97. The molecular weight excluding hydrogens is 286 g/mol. The number of hydrogen-bond acceptors (Lipinski definition) is 3. The van der Waals surface area contributed by atoms with E-state index in [0.29, 0.717) is 25.5 Å². The van der Waals surface area contributed by atoms with Crippen molar-refractivity contribution in [1.82, 2.24) is 0 Å². The van der Waals surface area contributed by atoms with E-state index in [1.807, 2.05) is 12.1 Å². The minimum Gasteiger partial charge on any atom is -0.384 e. The number of amidine groups is 1. The number of aryl methyl sites for hydroxylation is 2.